The second kappa shape index (κ2) is 14.6. The normalized spacial score (nSPS) is 38.2. The lowest BCUT2D eigenvalue weighted by Gasteiger charge is -2.72. The fourth-order valence-corrected chi connectivity index (χ4v) is 15.3. The van der Waals surface area contributed by atoms with Crippen LogP contribution in [0.3, 0.4) is 0 Å². The van der Waals surface area contributed by atoms with Crippen LogP contribution < -0.4 is 10.6 Å². The van der Waals surface area contributed by atoms with E-state index >= 15 is 0 Å². The molecule has 0 radical (unpaired) electrons. The summed E-state index contributed by atoms with van der Waals surface area (Å²) in [4.78, 5) is 68.3. The van der Waals surface area contributed by atoms with Crippen LogP contribution in [-0.2, 0) is 28.7 Å². The SMILES string of the molecule is CC(C)C1=C2[C@H]3CC[C@@H]4[C@@]5(C)CC[C@H](OC(=O)[C@@H]6C[C@H](C(=O)O)C6(C)C)C(C)(C)[C@@H]5CC[C@@]4(C)[C@]3(C)CC[C@@]2(NC(=O)C2(NC(=O)c3cc(-c4ccccc4)n[nH]3)COC2)CC1=O. The van der Waals surface area contributed by atoms with Crippen LogP contribution in [0.15, 0.2) is 47.5 Å². The number of Topliss-reactive ketones (excluding diaryl/α,β-unsaturated/α-hetero) is 1. The molecule has 12 nitrogen and oxygen atoms in total. The monoisotopic (exact) mass is 865 g/mol. The Morgan fingerprint density at radius 3 is 2.19 bits per heavy atom. The van der Waals surface area contributed by atoms with Crippen LogP contribution in [0.2, 0.25) is 0 Å². The number of benzene rings is 1. The van der Waals surface area contributed by atoms with Gasteiger partial charge >= 0.3 is 11.9 Å². The largest absolute Gasteiger partial charge is 0.481 e. The molecule has 0 spiro atoms. The van der Waals surface area contributed by atoms with Crippen LogP contribution in [0.4, 0.5) is 0 Å². The van der Waals surface area contributed by atoms with Gasteiger partial charge < -0.3 is 25.2 Å². The Labute approximate surface area is 371 Å². The van der Waals surface area contributed by atoms with E-state index in [-0.39, 0.29) is 82.6 Å². The molecule has 340 valence electrons. The first-order valence-corrected chi connectivity index (χ1v) is 23.6. The van der Waals surface area contributed by atoms with Gasteiger partial charge in [-0.1, -0.05) is 92.6 Å². The van der Waals surface area contributed by atoms with Crippen molar-refractivity contribution in [3.05, 3.63) is 53.2 Å². The molecule has 4 N–H and O–H groups in total. The lowest BCUT2D eigenvalue weighted by molar-refractivity contribution is -0.235. The third-order valence-corrected chi connectivity index (χ3v) is 19.2. The van der Waals surface area contributed by atoms with Crippen molar-refractivity contribution in [1.82, 2.24) is 20.8 Å². The number of esters is 1. The molecule has 2 amide bonds. The number of allylic oxidation sites excluding steroid dienone is 1. The van der Waals surface area contributed by atoms with Gasteiger partial charge in [-0.2, -0.15) is 5.10 Å². The van der Waals surface area contributed by atoms with Crippen molar-refractivity contribution >= 4 is 29.5 Å². The number of hydrogen-bond acceptors (Lipinski definition) is 8. The maximum Gasteiger partial charge on any atom is 0.309 e. The van der Waals surface area contributed by atoms with Crippen molar-refractivity contribution in [2.75, 3.05) is 13.2 Å². The van der Waals surface area contributed by atoms with Crippen molar-refractivity contribution in [3.63, 3.8) is 0 Å². The van der Waals surface area contributed by atoms with Crippen LogP contribution in [0, 0.1) is 62.6 Å². The number of carboxylic acids is 1. The summed E-state index contributed by atoms with van der Waals surface area (Å²) < 4.78 is 12.1. The van der Waals surface area contributed by atoms with Crippen molar-refractivity contribution < 1.29 is 38.6 Å². The van der Waals surface area contributed by atoms with Gasteiger partial charge in [-0.05, 0) is 120 Å². The Kier molecular flexibility index (Phi) is 10.2. The number of carboxylic acid groups (broad SMARTS) is 1. The first kappa shape index (κ1) is 43.9. The Balaban J connectivity index is 0.953. The molecule has 0 unspecified atom stereocenters. The second-order valence-corrected chi connectivity index (χ2v) is 23.1. The van der Waals surface area contributed by atoms with E-state index in [0.29, 0.717) is 30.4 Å². The Bertz CT molecular complexity index is 2270. The molecule has 10 atom stereocenters. The fourth-order valence-electron chi connectivity index (χ4n) is 15.3. The maximum atomic E-state index is 14.7. The van der Waals surface area contributed by atoms with E-state index in [4.69, 9.17) is 9.47 Å². The number of nitrogens with zero attached hydrogens (tertiary/aromatic N) is 1. The number of hydrogen-bond donors (Lipinski definition) is 4. The molecule has 6 fully saturated rings. The predicted octanol–water partition coefficient (Wildman–Crippen LogP) is 8.08. The molecular weight excluding hydrogens is 797 g/mol. The Hall–Kier alpha value is -4.32. The minimum Gasteiger partial charge on any atom is -0.481 e. The summed E-state index contributed by atoms with van der Waals surface area (Å²) in [6.07, 6.45) is 7.50. The summed E-state index contributed by atoms with van der Waals surface area (Å²) in [5, 5.41) is 23.4. The molecule has 2 heterocycles. The summed E-state index contributed by atoms with van der Waals surface area (Å²) in [6.45, 7) is 20.1. The number of aromatic amines is 1. The van der Waals surface area contributed by atoms with Gasteiger partial charge in [-0.25, -0.2) is 0 Å². The van der Waals surface area contributed by atoms with E-state index in [2.05, 4.69) is 69.3 Å². The summed E-state index contributed by atoms with van der Waals surface area (Å²) in [6, 6.07) is 11.3. The highest BCUT2D eigenvalue weighted by atomic mass is 16.5. The second-order valence-electron chi connectivity index (χ2n) is 23.1. The smallest absolute Gasteiger partial charge is 0.309 e. The van der Waals surface area contributed by atoms with Crippen LogP contribution in [-0.4, -0.2) is 75.2 Å². The fraction of sp³-hybridized carbons (Fsp3) is 0.686. The Morgan fingerprint density at radius 2 is 1.56 bits per heavy atom. The molecule has 1 aromatic heterocycles. The highest BCUT2D eigenvalue weighted by molar-refractivity contribution is 6.04. The summed E-state index contributed by atoms with van der Waals surface area (Å²) in [5.41, 5.74) is 0.541. The number of aliphatic carboxylic acids is 1. The summed E-state index contributed by atoms with van der Waals surface area (Å²) in [5.74, 6) is -1.86. The number of rotatable bonds is 9. The number of H-pyrrole nitrogens is 1. The van der Waals surface area contributed by atoms with Gasteiger partial charge in [0, 0.05) is 17.4 Å². The van der Waals surface area contributed by atoms with E-state index in [1.54, 1.807) is 6.07 Å². The Morgan fingerprint density at radius 1 is 0.841 bits per heavy atom. The van der Waals surface area contributed by atoms with Crippen molar-refractivity contribution in [2.24, 2.45) is 62.6 Å². The number of nitrogens with one attached hydrogen (secondary N) is 3. The zero-order chi connectivity index (χ0) is 45.3. The third-order valence-electron chi connectivity index (χ3n) is 19.2. The van der Waals surface area contributed by atoms with Crippen molar-refractivity contribution in [1.29, 1.82) is 0 Å². The number of carbonyl (C=O) groups is 5. The van der Waals surface area contributed by atoms with Crippen LogP contribution in [0.1, 0.15) is 137 Å². The number of carbonyl (C=O) groups excluding carboxylic acids is 4. The summed E-state index contributed by atoms with van der Waals surface area (Å²) in [7, 11) is 0. The van der Waals surface area contributed by atoms with Gasteiger partial charge in [-0.15, -0.1) is 0 Å². The molecular formula is C51H68N4O8. The van der Waals surface area contributed by atoms with Crippen LogP contribution in [0.5, 0.6) is 0 Å². The molecule has 6 aliphatic carbocycles. The molecule has 5 saturated carbocycles. The van der Waals surface area contributed by atoms with Crippen LogP contribution in [0.25, 0.3) is 11.3 Å². The minimum absolute atomic E-state index is 0.00631. The molecule has 12 heteroatoms. The highest BCUT2D eigenvalue weighted by Gasteiger charge is 2.71. The van der Waals surface area contributed by atoms with E-state index in [1.807, 2.05) is 44.2 Å². The molecule has 0 bridgehead atoms. The van der Waals surface area contributed by atoms with Crippen LogP contribution >= 0.6 is 0 Å². The number of ether oxygens (including phenoxy) is 2. The number of aromatic nitrogens is 2. The van der Waals surface area contributed by atoms with Gasteiger partial charge in [0.25, 0.3) is 11.8 Å². The van der Waals surface area contributed by atoms with E-state index < -0.39 is 40.2 Å². The summed E-state index contributed by atoms with van der Waals surface area (Å²) >= 11 is 0. The molecule has 63 heavy (non-hydrogen) atoms. The topological polar surface area (TPSA) is 177 Å². The zero-order valence-corrected chi connectivity index (χ0v) is 38.7. The first-order chi connectivity index (χ1) is 29.5. The first-order valence-electron chi connectivity index (χ1n) is 23.6. The number of fused-ring (bicyclic) bond motifs is 7. The third kappa shape index (κ3) is 6.28. The average Bonchev–Trinajstić information content (AvgIpc) is 3.80. The van der Waals surface area contributed by atoms with Gasteiger partial charge in [0.1, 0.15) is 11.8 Å². The predicted molar refractivity (Wildman–Crippen MR) is 236 cm³/mol. The van der Waals surface area contributed by atoms with Gasteiger partial charge in [0.2, 0.25) is 0 Å². The quantitative estimate of drug-likeness (QED) is 0.182. The lowest BCUT2D eigenvalue weighted by atomic mass is 9.33. The zero-order valence-electron chi connectivity index (χ0n) is 38.7. The lowest BCUT2D eigenvalue weighted by Crippen LogP contribution is -2.73. The van der Waals surface area contributed by atoms with Gasteiger partial charge in [-0.3, -0.25) is 29.1 Å². The molecule has 1 aromatic carbocycles. The van der Waals surface area contributed by atoms with Gasteiger partial charge in [0.15, 0.2) is 11.3 Å². The molecule has 7 aliphatic rings. The van der Waals surface area contributed by atoms with E-state index in [0.717, 1.165) is 61.7 Å². The number of amides is 2. The maximum absolute atomic E-state index is 14.7. The molecule has 9 rings (SSSR count). The standard InChI is InChI=1S/C51H68N4O8/c1-28(2)39-35(56)25-50(53-44(61)51(26-62-27-51)52-41(57)34-24-33(54-55-34)29-13-11-10-12-14-29)22-21-48(8)30(40(39)50)15-16-37-47(7)19-18-38(46(5,6)36(47)17-20-49(37,48)9)63-43(60)32-23-31(42(58)59)45(32,3)4/h10-14,24,28,30-32,36-38H,15-23,25-27H2,1-9H3,(H,52,57)(H,53,61)(H,54,55)(H,58,59)/t30-,31-,32+,36+,37-,38+,47+,48-,49-,50-/m1/s1. The minimum atomic E-state index is -1.29. The van der Waals surface area contributed by atoms with Crippen molar-refractivity contribution in [3.8, 4) is 11.3 Å². The molecule has 1 aliphatic heterocycles. The number of ketones is 1. The van der Waals surface area contributed by atoms with Gasteiger partial charge in [0.05, 0.1) is 36.3 Å². The average molecular weight is 865 g/mol. The highest BCUT2D eigenvalue weighted by Crippen LogP contribution is 2.76. The molecule has 2 aromatic rings. The van der Waals surface area contributed by atoms with Crippen molar-refractivity contribution in [2.45, 2.75) is 144 Å². The molecule has 1 saturated heterocycles. The van der Waals surface area contributed by atoms with E-state index in [9.17, 15) is 29.1 Å². The van der Waals surface area contributed by atoms with E-state index in [1.165, 1.54) is 0 Å².